The van der Waals surface area contributed by atoms with E-state index < -0.39 is 16.8 Å². The minimum Gasteiger partial charge on any atom is -0.461 e. The Bertz CT molecular complexity index is 895. The van der Waals surface area contributed by atoms with Gasteiger partial charge in [0.1, 0.15) is 0 Å². The average molecular weight is 407 g/mol. The average Bonchev–Trinajstić information content (AvgIpc) is 3.16. The van der Waals surface area contributed by atoms with Crippen LogP contribution in [0.2, 0.25) is 0 Å². The minimum atomic E-state index is -0.709. The number of ether oxygens (including phenoxy) is 2. The van der Waals surface area contributed by atoms with Gasteiger partial charge in [-0.15, -0.1) is 5.10 Å². The Kier molecular flexibility index (Phi) is 6.11. The first-order valence-corrected chi connectivity index (χ1v) is 9.20. The number of nitrogens with one attached hydrogen (secondary N) is 1. The Morgan fingerprint density at radius 2 is 2.14 bits per heavy atom. The molecule has 0 atom stereocenters. The second-order valence-corrected chi connectivity index (χ2v) is 6.44. The van der Waals surface area contributed by atoms with Crippen LogP contribution in [0.5, 0.6) is 0 Å². The number of carbonyl (C=O) groups excluding carboxylic acids is 2. The molecule has 0 bridgehead atoms. The zero-order chi connectivity index (χ0) is 20.1. The number of hydrogen-bond donors (Lipinski definition) is 1. The van der Waals surface area contributed by atoms with Crippen LogP contribution in [0.1, 0.15) is 27.8 Å². The van der Waals surface area contributed by atoms with Crippen molar-refractivity contribution in [2.45, 2.75) is 6.92 Å². The number of esters is 1. The van der Waals surface area contributed by atoms with Crippen molar-refractivity contribution >= 4 is 39.8 Å². The van der Waals surface area contributed by atoms with Gasteiger partial charge in [-0.1, -0.05) is 4.49 Å². The molecule has 1 aliphatic heterocycles. The molecule has 0 spiro atoms. The van der Waals surface area contributed by atoms with E-state index in [1.165, 1.54) is 18.2 Å². The normalized spacial score (nSPS) is 13.8. The molecular weight excluding hydrogens is 390 g/mol. The van der Waals surface area contributed by atoms with Gasteiger partial charge in [-0.25, -0.2) is 4.79 Å². The second kappa shape index (κ2) is 8.71. The molecule has 1 fully saturated rings. The maximum absolute atomic E-state index is 12.9. The number of rotatable bonds is 6. The molecule has 1 aromatic carbocycles. The van der Waals surface area contributed by atoms with Crippen molar-refractivity contribution in [3.8, 4) is 0 Å². The number of hydrogen-bond acceptors (Lipinski definition) is 10. The van der Waals surface area contributed by atoms with E-state index in [4.69, 9.17) is 9.47 Å². The second-order valence-electron chi connectivity index (χ2n) is 5.68. The van der Waals surface area contributed by atoms with Crippen LogP contribution in [0.15, 0.2) is 18.2 Å². The molecular formula is C16H17N5O6S. The lowest BCUT2D eigenvalue weighted by atomic mass is 10.1. The highest BCUT2D eigenvalue weighted by molar-refractivity contribution is 7.10. The number of non-ortho nitro benzene ring substituents is 1. The Labute approximate surface area is 163 Å². The van der Waals surface area contributed by atoms with Crippen LogP contribution in [0.25, 0.3) is 0 Å². The summed E-state index contributed by atoms with van der Waals surface area (Å²) < 4.78 is 13.9. The highest BCUT2D eigenvalue weighted by Gasteiger charge is 2.25. The first-order chi connectivity index (χ1) is 13.5. The number of morpholine rings is 1. The Hall–Kier alpha value is -3.12. The summed E-state index contributed by atoms with van der Waals surface area (Å²) >= 11 is 0.817. The number of nitro groups is 1. The number of amides is 1. The van der Waals surface area contributed by atoms with E-state index in [1.807, 2.05) is 4.90 Å². The smallest absolute Gasteiger partial charge is 0.362 e. The highest BCUT2D eigenvalue weighted by atomic mass is 32.1. The molecule has 28 heavy (non-hydrogen) atoms. The minimum absolute atomic E-state index is 0.110. The Morgan fingerprint density at radius 1 is 1.39 bits per heavy atom. The molecule has 3 rings (SSSR count). The Balaban J connectivity index is 1.92. The van der Waals surface area contributed by atoms with E-state index in [2.05, 4.69) is 14.9 Å². The fraction of sp³-hybridized carbons (Fsp3) is 0.375. The molecule has 1 aliphatic rings. The maximum atomic E-state index is 12.9. The summed E-state index contributed by atoms with van der Waals surface area (Å²) in [6.07, 6.45) is 0. The molecule has 1 saturated heterocycles. The van der Waals surface area contributed by atoms with Crippen LogP contribution in [-0.4, -0.2) is 59.3 Å². The van der Waals surface area contributed by atoms with Gasteiger partial charge in [0.25, 0.3) is 11.6 Å². The first kappa shape index (κ1) is 19.6. The summed E-state index contributed by atoms with van der Waals surface area (Å²) in [4.78, 5) is 37.3. The molecule has 0 saturated carbocycles. The first-order valence-electron chi connectivity index (χ1n) is 8.43. The van der Waals surface area contributed by atoms with E-state index >= 15 is 0 Å². The summed E-state index contributed by atoms with van der Waals surface area (Å²) in [6, 6.07) is 4.09. The number of nitro benzene ring substituents is 1. The predicted octanol–water partition coefficient (Wildman–Crippen LogP) is 1.71. The van der Waals surface area contributed by atoms with Crippen molar-refractivity contribution in [1.29, 1.82) is 0 Å². The maximum Gasteiger partial charge on any atom is 0.362 e. The summed E-state index contributed by atoms with van der Waals surface area (Å²) in [7, 11) is 0. The van der Waals surface area contributed by atoms with Gasteiger partial charge in [0.15, 0.2) is 5.00 Å². The largest absolute Gasteiger partial charge is 0.461 e. The van der Waals surface area contributed by atoms with Crippen molar-refractivity contribution < 1.29 is 24.0 Å². The zero-order valence-corrected chi connectivity index (χ0v) is 15.7. The molecule has 1 N–H and O–H groups in total. The number of benzene rings is 1. The fourth-order valence-corrected chi connectivity index (χ4v) is 3.23. The third-order valence-corrected chi connectivity index (χ3v) is 4.61. The standard InChI is InChI=1S/C16H17N5O6S/c1-2-27-16(23)13-15(28-19-18-13)17-14(22)11-9-10(21(24)25)3-4-12(11)20-5-7-26-8-6-20/h3-4,9H,2,5-8H2,1H3,(H,17,22). The third kappa shape index (κ3) is 4.23. The monoisotopic (exact) mass is 407 g/mol. The van der Waals surface area contributed by atoms with Crippen LogP contribution in [-0.2, 0) is 9.47 Å². The molecule has 0 unspecified atom stereocenters. The van der Waals surface area contributed by atoms with Crippen molar-refractivity contribution in [3.05, 3.63) is 39.6 Å². The number of carbonyl (C=O) groups is 2. The van der Waals surface area contributed by atoms with Gasteiger partial charge >= 0.3 is 5.97 Å². The number of aromatic nitrogens is 2. The lowest BCUT2D eigenvalue weighted by Crippen LogP contribution is -2.37. The van der Waals surface area contributed by atoms with Gasteiger partial charge in [-0.2, -0.15) is 0 Å². The van der Waals surface area contributed by atoms with Gasteiger partial charge in [0, 0.05) is 36.8 Å². The molecule has 0 radical (unpaired) electrons. The Morgan fingerprint density at radius 3 is 2.82 bits per heavy atom. The van der Waals surface area contributed by atoms with Crippen molar-refractivity contribution in [2.75, 3.05) is 43.1 Å². The van der Waals surface area contributed by atoms with Gasteiger partial charge in [0.2, 0.25) is 5.69 Å². The molecule has 0 aliphatic carbocycles. The number of nitrogens with zero attached hydrogens (tertiary/aromatic N) is 4. The van der Waals surface area contributed by atoms with Crippen LogP contribution in [0.4, 0.5) is 16.4 Å². The van der Waals surface area contributed by atoms with Crippen molar-refractivity contribution in [1.82, 2.24) is 9.59 Å². The third-order valence-electron chi connectivity index (χ3n) is 3.97. The SMILES string of the molecule is CCOC(=O)c1nnsc1NC(=O)c1cc([N+](=O)[O-])ccc1N1CCOCC1. The van der Waals surface area contributed by atoms with E-state index in [0.29, 0.717) is 32.0 Å². The van der Waals surface area contributed by atoms with Crippen LogP contribution < -0.4 is 10.2 Å². The molecule has 2 aromatic rings. The zero-order valence-electron chi connectivity index (χ0n) is 14.9. The molecule has 11 nitrogen and oxygen atoms in total. The molecule has 1 aromatic heterocycles. The fourth-order valence-electron chi connectivity index (χ4n) is 2.68. The lowest BCUT2D eigenvalue weighted by molar-refractivity contribution is -0.384. The van der Waals surface area contributed by atoms with E-state index in [9.17, 15) is 19.7 Å². The van der Waals surface area contributed by atoms with Crippen molar-refractivity contribution in [2.24, 2.45) is 0 Å². The quantitative estimate of drug-likeness (QED) is 0.431. The van der Waals surface area contributed by atoms with Crippen molar-refractivity contribution in [3.63, 3.8) is 0 Å². The molecule has 12 heteroatoms. The molecule has 1 amide bonds. The summed E-state index contributed by atoms with van der Waals surface area (Å²) in [5, 5.41) is 17.5. The van der Waals surface area contributed by atoms with Gasteiger partial charge in [-0.3, -0.25) is 14.9 Å². The van der Waals surface area contributed by atoms with E-state index in [0.717, 1.165) is 11.5 Å². The summed E-state index contributed by atoms with van der Waals surface area (Å²) in [5.74, 6) is -1.32. The van der Waals surface area contributed by atoms with Crippen LogP contribution >= 0.6 is 11.5 Å². The van der Waals surface area contributed by atoms with Gasteiger partial charge in [0.05, 0.1) is 36.0 Å². The van der Waals surface area contributed by atoms with Gasteiger partial charge in [-0.05, 0) is 13.0 Å². The summed E-state index contributed by atoms with van der Waals surface area (Å²) in [5.41, 5.74) is 0.328. The van der Waals surface area contributed by atoms with E-state index in [-0.39, 0.29) is 28.6 Å². The van der Waals surface area contributed by atoms with Gasteiger partial charge < -0.3 is 19.7 Å². The van der Waals surface area contributed by atoms with E-state index in [1.54, 1.807) is 6.92 Å². The lowest BCUT2D eigenvalue weighted by Gasteiger charge is -2.30. The van der Waals surface area contributed by atoms with Crippen LogP contribution in [0, 0.1) is 10.1 Å². The highest BCUT2D eigenvalue weighted by Crippen LogP contribution is 2.28. The summed E-state index contributed by atoms with van der Waals surface area (Å²) in [6.45, 7) is 3.87. The molecule has 2 heterocycles. The van der Waals surface area contributed by atoms with Crippen LogP contribution in [0.3, 0.4) is 0 Å². The molecule has 148 valence electrons. The predicted molar refractivity (Wildman–Crippen MR) is 99.9 cm³/mol. The number of anilines is 2. The topological polar surface area (TPSA) is 137 Å².